The highest BCUT2D eigenvalue weighted by atomic mass is 16.1. The quantitative estimate of drug-likeness (QED) is 0.930. The lowest BCUT2D eigenvalue weighted by molar-refractivity contribution is 0.102. The van der Waals surface area contributed by atoms with Crippen molar-refractivity contribution in [3.63, 3.8) is 0 Å². The molecule has 0 saturated heterocycles. The Hall–Kier alpha value is -2.61. The first kappa shape index (κ1) is 13.8. The molecule has 0 saturated carbocycles. The molecule has 20 heavy (non-hydrogen) atoms. The average Bonchev–Trinajstić information content (AvgIpc) is 2.81. The Morgan fingerprint density at radius 3 is 2.70 bits per heavy atom. The van der Waals surface area contributed by atoms with E-state index >= 15 is 0 Å². The summed E-state index contributed by atoms with van der Waals surface area (Å²) < 4.78 is 1.80. The summed E-state index contributed by atoms with van der Waals surface area (Å²) in [6, 6.07) is 10.9. The maximum Gasteiger partial charge on any atom is 0.276 e. The van der Waals surface area contributed by atoms with Crippen molar-refractivity contribution in [2.75, 3.05) is 5.32 Å². The number of rotatable bonds is 3. The van der Waals surface area contributed by atoms with Crippen LogP contribution in [0.1, 0.15) is 41.6 Å². The molecule has 1 N–H and O–H groups in total. The van der Waals surface area contributed by atoms with Crippen molar-refractivity contribution in [2.45, 2.75) is 26.8 Å². The van der Waals surface area contributed by atoms with Gasteiger partial charge in [0, 0.05) is 11.7 Å². The summed E-state index contributed by atoms with van der Waals surface area (Å²) in [5.74, 6) is -0.310. The Morgan fingerprint density at radius 2 is 2.10 bits per heavy atom. The van der Waals surface area contributed by atoms with Gasteiger partial charge in [0.25, 0.3) is 5.91 Å². The average molecular weight is 268 g/mol. The molecule has 0 bridgehead atoms. The van der Waals surface area contributed by atoms with Gasteiger partial charge in [-0.05, 0) is 39.0 Å². The summed E-state index contributed by atoms with van der Waals surface area (Å²) in [4.78, 5) is 12.2. The van der Waals surface area contributed by atoms with Crippen LogP contribution in [0.2, 0.25) is 0 Å². The van der Waals surface area contributed by atoms with E-state index in [2.05, 4.69) is 10.4 Å². The number of hydrogen-bond donors (Lipinski definition) is 1. The van der Waals surface area contributed by atoms with E-state index in [4.69, 9.17) is 5.26 Å². The van der Waals surface area contributed by atoms with Crippen LogP contribution in [0.5, 0.6) is 0 Å². The van der Waals surface area contributed by atoms with Crippen LogP contribution in [-0.4, -0.2) is 15.7 Å². The number of benzene rings is 1. The first-order chi connectivity index (χ1) is 9.52. The van der Waals surface area contributed by atoms with E-state index in [0.29, 0.717) is 16.9 Å². The molecule has 0 aliphatic carbocycles. The van der Waals surface area contributed by atoms with Crippen molar-refractivity contribution in [1.82, 2.24) is 9.78 Å². The first-order valence-electron chi connectivity index (χ1n) is 6.39. The van der Waals surface area contributed by atoms with E-state index in [1.54, 1.807) is 35.0 Å². The molecule has 0 unspecified atom stereocenters. The van der Waals surface area contributed by atoms with Gasteiger partial charge in [0.2, 0.25) is 0 Å². The number of para-hydroxylation sites is 1. The van der Waals surface area contributed by atoms with Crippen LogP contribution in [0.15, 0.2) is 30.3 Å². The maximum atomic E-state index is 12.2. The first-order valence-corrected chi connectivity index (χ1v) is 6.39. The Balaban J connectivity index is 2.25. The van der Waals surface area contributed by atoms with Gasteiger partial charge in [0.05, 0.1) is 11.3 Å². The lowest BCUT2D eigenvalue weighted by Gasteiger charge is -2.07. The van der Waals surface area contributed by atoms with E-state index in [1.807, 2.05) is 26.8 Å². The molecule has 102 valence electrons. The number of nitriles is 1. The highest BCUT2D eigenvalue weighted by molar-refractivity contribution is 6.03. The zero-order chi connectivity index (χ0) is 14.7. The zero-order valence-corrected chi connectivity index (χ0v) is 11.7. The minimum Gasteiger partial charge on any atom is -0.319 e. The van der Waals surface area contributed by atoms with Gasteiger partial charge in [-0.3, -0.25) is 9.48 Å². The van der Waals surface area contributed by atoms with Gasteiger partial charge < -0.3 is 5.32 Å². The lowest BCUT2D eigenvalue weighted by Crippen LogP contribution is -2.14. The van der Waals surface area contributed by atoms with Gasteiger partial charge in [-0.15, -0.1) is 0 Å². The molecule has 1 aromatic carbocycles. The standard InChI is InChI=1S/C15H16N4O/c1-10(2)19-11(3)8-14(18-19)15(20)17-13-7-5-4-6-12(13)9-16/h4-8,10H,1-3H3,(H,17,20). The number of amides is 1. The summed E-state index contributed by atoms with van der Waals surface area (Å²) in [7, 11) is 0. The Labute approximate surface area is 117 Å². The van der Waals surface area contributed by atoms with E-state index in [-0.39, 0.29) is 11.9 Å². The molecule has 0 radical (unpaired) electrons. The van der Waals surface area contributed by atoms with Gasteiger partial charge in [-0.1, -0.05) is 12.1 Å². The number of anilines is 1. The van der Waals surface area contributed by atoms with Crippen LogP contribution in [0, 0.1) is 18.3 Å². The van der Waals surface area contributed by atoms with Crippen LogP contribution in [0.3, 0.4) is 0 Å². The minimum atomic E-state index is -0.310. The Bertz CT molecular complexity index is 679. The molecule has 1 aromatic heterocycles. The molecule has 1 heterocycles. The molecule has 0 spiro atoms. The second kappa shape index (κ2) is 5.57. The number of aryl methyl sites for hydroxylation is 1. The topological polar surface area (TPSA) is 70.7 Å². The van der Waals surface area contributed by atoms with E-state index < -0.39 is 0 Å². The molecule has 0 atom stereocenters. The fourth-order valence-electron chi connectivity index (χ4n) is 2.00. The molecule has 1 amide bonds. The predicted molar refractivity (Wildman–Crippen MR) is 76.5 cm³/mol. The predicted octanol–water partition coefficient (Wildman–Crippen LogP) is 2.90. The van der Waals surface area contributed by atoms with Crippen LogP contribution in [0.4, 0.5) is 5.69 Å². The van der Waals surface area contributed by atoms with E-state index in [0.717, 1.165) is 5.69 Å². The number of nitrogens with one attached hydrogen (secondary N) is 1. The Kier molecular flexibility index (Phi) is 3.85. The third-order valence-electron chi connectivity index (χ3n) is 2.94. The molecule has 2 aromatic rings. The lowest BCUT2D eigenvalue weighted by atomic mass is 10.2. The van der Waals surface area contributed by atoms with Gasteiger partial charge >= 0.3 is 0 Å². The van der Waals surface area contributed by atoms with E-state index in [9.17, 15) is 4.79 Å². The minimum absolute atomic E-state index is 0.197. The summed E-state index contributed by atoms with van der Waals surface area (Å²) in [6.45, 7) is 5.92. The number of hydrogen-bond acceptors (Lipinski definition) is 3. The monoisotopic (exact) mass is 268 g/mol. The SMILES string of the molecule is Cc1cc(C(=O)Nc2ccccc2C#N)nn1C(C)C. The highest BCUT2D eigenvalue weighted by Crippen LogP contribution is 2.16. The molecule has 2 rings (SSSR count). The largest absolute Gasteiger partial charge is 0.319 e. The maximum absolute atomic E-state index is 12.2. The molecule has 5 nitrogen and oxygen atoms in total. The van der Waals surface area contributed by atoms with Crippen molar-refractivity contribution >= 4 is 11.6 Å². The smallest absolute Gasteiger partial charge is 0.276 e. The van der Waals surface area contributed by atoms with Crippen molar-refractivity contribution in [2.24, 2.45) is 0 Å². The molecule has 0 fully saturated rings. The molecule has 0 aliphatic heterocycles. The normalized spacial score (nSPS) is 10.3. The number of carbonyl (C=O) groups excluding carboxylic acids is 1. The molecule has 5 heteroatoms. The number of nitrogens with zero attached hydrogens (tertiary/aromatic N) is 3. The summed E-state index contributed by atoms with van der Waals surface area (Å²) >= 11 is 0. The summed E-state index contributed by atoms with van der Waals surface area (Å²) in [5.41, 5.74) is 2.21. The number of carbonyl (C=O) groups is 1. The van der Waals surface area contributed by atoms with Crippen LogP contribution in [0.25, 0.3) is 0 Å². The van der Waals surface area contributed by atoms with Crippen molar-refractivity contribution in [3.05, 3.63) is 47.3 Å². The molecule has 0 aliphatic rings. The van der Waals surface area contributed by atoms with Crippen LogP contribution < -0.4 is 5.32 Å². The van der Waals surface area contributed by atoms with Crippen LogP contribution >= 0.6 is 0 Å². The van der Waals surface area contributed by atoms with E-state index in [1.165, 1.54) is 0 Å². The van der Waals surface area contributed by atoms with Crippen molar-refractivity contribution < 1.29 is 4.79 Å². The van der Waals surface area contributed by atoms with Gasteiger partial charge in [0.15, 0.2) is 5.69 Å². The molecular weight excluding hydrogens is 252 g/mol. The van der Waals surface area contributed by atoms with Gasteiger partial charge in [-0.25, -0.2) is 0 Å². The fraction of sp³-hybridized carbons (Fsp3) is 0.267. The second-order valence-corrected chi connectivity index (χ2v) is 4.82. The van der Waals surface area contributed by atoms with Gasteiger partial charge in [0.1, 0.15) is 6.07 Å². The van der Waals surface area contributed by atoms with Crippen molar-refractivity contribution in [3.8, 4) is 6.07 Å². The highest BCUT2D eigenvalue weighted by Gasteiger charge is 2.15. The second-order valence-electron chi connectivity index (χ2n) is 4.82. The molecular formula is C15H16N4O. The summed E-state index contributed by atoms with van der Waals surface area (Å²) in [5, 5.41) is 16.0. The summed E-state index contributed by atoms with van der Waals surface area (Å²) in [6.07, 6.45) is 0. The third-order valence-corrected chi connectivity index (χ3v) is 2.94. The zero-order valence-electron chi connectivity index (χ0n) is 11.7. The Morgan fingerprint density at radius 1 is 1.40 bits per heavy atom. The van der Waals surface area contributed by atoms with Gasteiger partial charge in [-0.2, -0.15) is 10.4 Å². The fourth-order valence-corrected chi connectivity index (χ4v) is 2.00. The number of aromatic nitrogens is 2. The van der Waals surface area contributed by atoms with Crippen LogP contribution in [-0.2, 0) is 0 Å². The van der Waals surface area contributed by atoms with Crippen molar-refractivity contribution in [1.29, 1.82) is 5.26 Å². The third kappa shape index (κ3) is 2.69.